The minimum Gasteiger partial charge on any atom is -0.451 e. The number of nitriles is 1. The van der Waals surface area contributed by atoms with Gasteiger partial charge in [-0.05, 0) is 63.4 Å². The topological polar surface area (TPSA) is 103 Å². The first-order valence-electron chi connectivity index (χ1n) is 9.28. The highest BCUT2D eigenvalue weighted by Gasteiger charge is 2.23. The van der Waals surface area contributed by atoms with E-state index in [1.807, 2.05) is 38.1 Å². The van der Waals surface area contributed by atoms with Gasteiger partial charge >= 0.3 is 5.97 Å². The fourth-order valence-electron chi connectivity index (χ4n) is 3.43. The van der Waals surface area contributed by atoms with Crippen molar-refractivity contribution in [2.24, 2.45) is 0 Å². The molecule has 0 aliphatic rings. The summed E-state index contributed by atoms with van der Waals surface area (Å²) in [6.07, 6.45) is 0.156. The van der Waals surface area contributed by atoms with E-state index < -0.39 is 18.5 Å². The smallest absolute Gasteiger partial charge is 0.355 e. The molecule has 2 aromatic rings. The number of H-pyrrole nitrogens is 1. The van der Waals surface area contributed by atoms with Crippen LogP contribution in [0.5, 0.6) is 0 Å². The molecule has 7 heteroatoms. The maximum atomic E-state index is 12.7. The van der Waals surface area contributed by atoms with Crippen LogP contribution < -0.4 is 4.90 Å². The van der Waals surface area contributed by atoms with Crippen LogP contribution >= 0.6 is 0 Å². The van der Waals surface area contributed by atoms with E-state index in [1.165, 1.54) is 11.8 Å². The van der Waals surface area contributed by atoms with Crippen LogP contribution in [0.4, 0.5) is 5.69 Å². The Balaban J connectivity index is 2.18. The molecule has 1 aromatic carbocycles. The fourth-order valence-corrected chi connectivity index (χ4v) is 3.43. The number of ketones is 1. The number of aromatic amines is 1. The Bertz CT molecular complexity index is 978. The molecule has 0 aliphatic heterocycles. The van der Waals surface area contributed by atoms with Crippen molar-refractivity contribution in [1.29, 1.82) is 5.26 Å². The van der Waals surface area contributed by atoms with E-state index in [1.54, 1.807) is 13.8 Å². The van der Waals surface area contributed by atoms with Gasteiger partial charge in [0.05, 0.1) is 12.5 Å². The van der Waals surface area contributed by atoms with Gasteiger partial charge in [-0.1, -0.05) is 6.07 Å². The van der Waals surface area contributed by atoms with E-state index >= 15 is 0 Å². The normalized spacial score (nSPS) is 10.3. The number of esters is 1. The highest BCUT2D eigenvalue weighted by Crippen LogP contribution is 2.21. The summed E-state index contributed by atoms with van der Waals surface area (Å²) in [6.45, 7) is 8.37. The zero-order valence-corrected chi connectivity index (χ0v) is 17.4. The maximum absolute atomic E-state index is 12.7. The van der Waals surface area contributed by atoms with Crippen molar-refractivity contribution in [3.63, 3.8) is 0 Å². The molecule has 0 aliphatic carbocycles. The molecule has 0 fully saturated rings. The molecular formula is C22H25N3O4. The molecule has 0 saturated heterocycles. The minimum absolute atomic E-state index is 0.149. The summed E-state index contributed by atoms with van der Waals surface area (Å²) in [5, 5.41) is 8.92. The quantitative estimate of drug-likeness (QED) is 0.570. The van der Waals surface area contributed by atoms with E-state index in [0.29, 0.717) is 22.5 Å². The Hall–Kier alpha value is -3.40. The number of nitrogens with zero attached hydrogens (tertiary/aromatic N) is 2. The van der Waals surface area contributed by atoms with Crippen LogP contribution in [-0.4, -0.2) is 35.8 Å². The van der Waals surface area contributed by atoms with Gasteiger partial charge in [0.1, 0.15) is 5.69 Å². The summed E-state index contributed by atoms with van der Waals surface area (Å²) in [6, 6.07) is 7.71. The average Bonchev–Trinajstić information content (AvgIpc) is 2.93. The first-order chi connectivity index (χ1) is 13.6. The lowest BCUT2D eigenvalue weighted by atomic mass is 10.1. The first kappa shape index (κ1) is 21.9. The van der Waals surface area contributed by atoms with Crippen molar-refractivity contribution in [3.8, 4) is 6.07 Å². The third-order valence-electron chi connectivity index (χ3n) is 4.59. The molecule has 152 valence electrons. The van der Waals surface area contributed by atoms with E-state index in [9.17, 15) is 14.4 Å². The standard InChI is InChI=1S/C22H25N3O4/c1-13-9-14(2)11-18(10-13)25(8-6-7-23)19(27)12-29-22(28)21-15(3)20(17(5)26)16(4)24-21/h9-11,24H,6,8,12H2,1-5H3. The second-order valence-corrected chi connectivity index (χ2v) is 7.06. The number of anilines is 1. The Kier molecular flexibility index (Phi) is 6.94. The van der Waals surface area contributed by atoms with E-state index in [4.69, 9.17) is 10.00 Å². The predicted octanol–water partition coefficient (Wildman–Crippen LogP) is 3.55. The molecule has 7 nitrogen and oxygen atoms in total. The molecule has 0 atom stereocenters. The molecule has 0 radical (unpaired) electrons. The summed E-state index contributed by atoms with van der Waals surface area (Å²) in [4.78, 5) is 41.2. The van der Waals surface area contributed by atoms with Gasteiger partial charge in [-0.2, -0.15) is 5.26 Å². The third-order valence-corrected chi connectivity index (χ3v) is 4.59. The number of hydrogen-bond acceptors (Lipinski definition) is 5. The lowest BCUT2D eigenvalue weighted by Crippen LogP contribution is -2.35. The molecule has 1 amide bonds. The first-order valence-corrected chi connectivity index (χ1v) is 9.28. The number of hydrogen-bond donors (Lipinski definition) is 1. The summed E-state index contributed by atoms with van der Waals surface area (Å²) < 4.78 is 5.21. The van der Waals surface area contributed by atoms with E-state index in [0.717, 1.165) is 11.1 Å². The highest BCUT2D eigenvalue weighted by atomic mass is 16.5. The number of carbonyl (C=O) groups is 3. The van der Waals surface area contributed by atoms with Crippen molar-refractivity contribution in [2.75, 3.05) is 18.1 Å². The summed E-state index contributed by atoms with van der Waals surface area (Å²) in [5.41, 5.74) is 4.33. The Morgan fingerprint density at radius 2 is 1.72 bits per heavy atom. The zero-order chi connectivity index (χ0) is 21.7. The number of nitrogens with one attached hydrogen (secondary N) is 1. The molecule has 0 saturated carbocycles. The third kappa shape index (κ3) is 5.11. The summed E-state index contributed by atoms with van der Waals surface area (Å²) >= 11 is 0. The highest BCUT2D eigenvalue weighted by molar-refractivity contribution is 6.02. The van der Waals surface area contributed by atoms with Crippen LogP contribution in [0, 0.1) is 39.0 Å². The van der Waals surface area contributed by atoms with Crippen molar-refractivity contribution in [2.45, 2.75) is 41.0 Å². The lowest BCUT2D eigenvalue weighted by molar-refractivity contribution is -0.121. The molecule has 1 aromatic heterocycles. The van der Waals surface area contributed by atoms with Crippen molar-refractivity contribution < 1.29 is 19.1 Å². The second-order valence-electron chi connectivity index (χ2n) is 7.06. The fraction of sp³-hybridized carbons (Fsp3) is 0.364. The van der Waals surface area contributed by atoms with Crippen molar-refractivity contribution >= 4 is 23.3 Å². The molecule has 29 heavy (non-hydrogen) atoms. The van der Waals surface area contributed by atoms with Crippen molar-refractivity contribution in [1.82, 2.24) is 4.98 Å². The number of rotatable bonds is 7. The number of aromatic nitrogens is 1. The van der Waals surface area contributed by atoms with Gasteiger partial charge < -0.3 is 14.6 Å². The van der Waals surface area contributed by atoms with Gasteiger partial charge in [-0.15, -0.1) is 0 Å². The van der Waals surface area contributed by atoms with E-state index in [2.05, 4.69) is 4.98 Å². The van der Waals surface area contributed by atoms with Gasteiger partial charge in [-0.25, -0.2) is 4.79 Å². The van der Waals surface area contributed by atoms with Gasteiger partial charge in [0.2, 0.25) is 0 Å². The molecule has 0 bridgehead atoms. The number of benzene rings is 1. The van der Waals surface area contributed by atoms with Crippen LogP contribution in [0.3, 0.4) is 0 Å². The van der Waals surface area contributed by atoms with Crippen LogP contribution in [-0.2, 0) is 9.53 Å². The number of carbonyl (C=O) groups excluding carboxylic acids is 3. The summed E-state index contributed by atoms with van der Waals surface area (Å²) in [5.74, 6) is -1.28. The molecule has 1 N–H and O–H groups in total. The monoisotopic (exact) mass is 395 g/mol. The van der Waals surface area contributed by atoms with Gasteiger partial charge in [0, 0.05) is 23.5 Å². The van der Waals surface area contributed by atoms with Gasteiger partial charge in [0.15, 0.2) is 12.4 Å². The molecule has 0 unspecified atom stereocenters. The van der Waals surface area contributed by atoms with Crippen LogP contribution in [0.2, 0.25) is 0 Å². The number of Topliss-reactive ketones (excluding diaryl/α,β-unsaturated/α-hetero) is 1. The summed E-state index contributed by atoms with van der Waals surface area (Å²) in [7, 11) is 0. The van der Waals surface area contributed by atoms with Crippen molar-refractivity contribution in [3.05, 3.63) is 51.8 Å². The second kappa shape index (κ2) is 9.20. The largest absolute Gasteiger partial charge is 0.451 e. The SMILES string of the molecule is CC(=O)c1c(C)[nH]c(C(=O)OCC(=O)N(CCC#N)c2cc(C)cc(C)c2)c1C. The number of amides is 1. The molecular weight excluding hydrogens is 370 g/mol. The molecule has 2 rings (SSSR count). The van der Waals surface area contributed by atoms with Crippen LogP contribution in [0.15, 0.2) is 18.2 Å². The van der Waals surface area contributed by atoms with Crippen LogP contribution in [0.25, 0.3) is 0 Å². The Morgan fingerprint density at radius 3 is 2.24 bits per heavy atom. The molecule has 0 spiro atoms. The van der Waals surface area contributed by atoms with Gasteiger partial charge in [-0.3, -0.25) is 9.59 Å². The molecule has 1 heterocycles. The average molecular weight is 395 g/mol. The minimum atomic E-state index is -0.702. The Labute approximate surface area is 170 Å². The van der Waals surface area contributed by atoms with Crippen LogP contribution in [0.1, 0.15) is 56.6 Å². The predicted molar refractivity (Wildman–Crippen MR) is 109 cm³/mol. The number of aryl methyl sites for hydroxylation is 3. The van der Waals surface area contributed by atoms with Gasteiger partial charge in [0.25, 0.3) is 5.91 Å². The lowest BCUT2D eigenvalue weighted by Gasteiger charge is -2.22. The Morgan fingerprint density at radius 1 is 1.10 bits per heavy atom. The van der Waals surface area contributed by atoms with E-state index in [-0.39, 0.29) is 24.4 Å². The maximum Gasteiger partial charge on any atom is 0.355 e. The number of ether oxygens (including phenoxy) is 1. The zero-order valence-electron chi connectivity index (χ0n) is 17.4.